The number of aromatic hydroxyl groups is 1. The van der Waals surface area contributed by atoms with Crippen molar-refractivity contribution < 1.29 is 24.2 Å². The summed E-state index contributed by atoms with van der Waals surface area (Å²) in [4.78, 5) is 29.1. The monoisotopic (exact) mass is 528 g/mol. The SMILES string of the molecule is C=C(CN1CC[C@]23c4c5ccc(O)c4O[C@H]2[C@H](N(C)C(=O)C=Cc2cccc(C)c2)CC[C@H]3[C@H]1C5)OC(C)=O. The normalized spacial score (nSPS) is 28.5. The average Bonchev–Trinajstić information content (AvgIpc) is 3.24. The zero-order valence-corrected chi connectivity index (χ0v) is 22.9. The van der Waals surface area contributed by atoms with Crippen molar-refractivity contribution in [1.29, 1.82) is 0 Å². The van der Waals surface area contributed by atoms with Crippen molar-refractivity contribution in [1.82, 2.24) is 9.80 Å². The molecule has 2 aromatic carbocycles. The van der Waals surface area contributed by atoms with E-state index in [2.05, 4.69) is 17.5 Å². The second-order valence-electron chi connectivity index (χ2n) is 11.6. The van der Waals surface area contributed by atoms with Crippen LogP contribution in [0.3, 0.4) is 0 Å². The number of esters is 1. The molecule has 1 saturated carbocycles. The second kappa shape index (κ2) is 9.56. The molecule has 1 N–H and O–H groups in total. The van der Waals surface area contributed by atoms with Gasteiger partial charge >= 0.3 is 5.97 Å². The van der Waals surface area contributed by atoms with Gasteiger partial charge in [-0.1, -0.05) is 42.5 Å². The van der Waals surface area contributed by atoms with E-state index < -0.39 is 0 Å². The number of aryl methyl sites for hydroxylation is 1. The number of hydrogen-bond acceptors (Lipinski definition) is 6. The van der Waals surface area contributed by atoms with E-state index in [1.165, 1.54) is 12.5 Å². The average molecular weight is 529 g/mol. The number of likely N-dealkylation sites (N-methyl/N-ethyl adjacent to an activating group) is 1. The Morgan fingerprint density at radius 3 is 2.87 bits per heavy atom. The fourth-order valence-electron chi connectivity index (χ4n) is 7.88. The van der Waals surface area contributed by atoms with Gasteiger partial charge in [-0.15, -0.1) is 0 Å². The lowest BCUT2D eigenvalue weighted by Crippen LogP contribution is -2.69. The van der Waals surface area contributed by atoms with Gasteiger partial charge in [-0.2, -0.15) is 0 Å². The van der Waals surface area contributed by atoms with Crippen LogP contribution in [0, 0.1) is 12.8 Å². The minimum atomic E-state index is -0.350. The Morgan fingerprint density at radius 2 is 2.10 bits per heavy atom. The van der Waals surface area contributed by atoms with Gasteiger partial charge in [0.15, 0.2) is 11.5 Å². The highest BCUT2D eigenvalue weighted by molar-refractivity contribution is 5.92. The quantitative estimate of drug-likeness (QED) is 0.341. The number of rotatable bonds is 6. The molecule has 1 saturated heterocycles. The number of benzene rings is 2. The van der Waals surface area contributed by atoms with Crippen molar-refractivity contribution in [3.8, 4) is 11.5 Å². The topological polar surface area (TPSA) is 79.3 Å². The molecule has 7 heteroatoms. The maximum absolute atomic E-state index is 13.4. The maximum Gasteiger partial charge on any atom is 0.307 e. The summed E-state index contributed by atoms with van der Waals surface area (Å²) in [6.45, 7) is 8.73. The fourth-order valence-corrected chi connectivity index (χ4v) is 7.88. The summed E-state index contributed by atoms with van der Waals surface area (Å²) in [6, 6.07) is 12.0. The number of phenolic OH excluding ortho intramolecular Hbond substituents is 1. The van der Waals surface area contributed by atoms with Gasteiger partial charge in [-0.05, 0) is 68.3 Å². The van der Waals surface area contributed by atoms with E-state index in [0.717, 1.165) is 48.9 Å². The van der Waals surface area contributed by atoms with Gasteiger partial charge in [0.25, 0.3) is 0 Å². The largest absolute Gasteiger partial charge is 0.504 e. The van der Waals surface area contributed by atoms with Gasteiger partial charge in [0.1, 0.15) is 11.9 Å². The fraction of sp³-hybridized carbons (Fsp3) is 0.438. The van der Waals surface area contributed by atoms with Crippen LogP contribution in [0.5, 0.6) is 11.5 Å². The van der Waals surface area contributed by atoms with E-state index in [1.54, 1.807) is 12.1 Å². The first kappa shape index (κ1) is 25.7. The van der Waals surface area contributed by atoms with Crippen molar-refractivity contribution in [3.05, 3.63) is 77.1 Å². The summed E-state index contributed by atoms with van der Waals surface area (Å²) >= 11 is 0. The number of carbonyl (C=O) groups is 2. The summed E-state index contributed by atoms with van der Waals surface area (Å²) in [5, 5.41) is 10.8. The van der Waals surface area contributed by atoms with Crippen LogP contribution in [0.1, 0.15) is 48.4 Å². The van der Waals surface area contributed by atoms with E-state index in [9.17, 15) is 14.7 Å². The van der Waals surface area contributed by atoms with Gasteiger partial charge < -0.3 is 19.5 Å². The molecule has 2 heterocycles. The van der Waals surface area contributed by atoms with E-state index in [0.29, 0.717) is 24.0 Å². The zero-order chi connectivity index (χ0) is 27.5. The Morgan fingerprint density at radius 1 is 1.28 bits per heavy atom. The Kier molecular flexibility index (Phi) is 6.29. The highest BCUT2D eigenvalue weighted by Gasteiger charge is 2.66. The molecule has 0 aromatic heterocycles. The van der Waals surface area contributed by atoms with Gasteiger partial charge in [-0.3, -0.25) is 14.5 Å². The highest BCUT2D eigenvalue weighted by Crippen LogP contribution is 2.64. The lowest BCUT2D eigenvalue weighted by atomic mass is 9.51. The molecule has 39 heavy (non-hydrogen) atoms. The van der Waals surface area contributed by atoms with Crippen LogP contribution in [0.2, 0.25) is 0 Å². The zero-order valence-electron chi connectivity index (χ0n) is 22.9. The molecule has 2 bridgehead atoms. The maximum atomic E-state index is 13.4. The van der Waals surface area contributed by atoms with Crippen LogP contribution in [-0.2, 0) is 26.2 Å². The van der Waals surface area contributed by atoms with Crippen molar-refractivity contribution in [2.75, 3.05) is 20.1 Å². The minimum absolute atomic E-state index is 0.0529. The molecule has 2 aromatic rings. The molecular formula is C32H36N2O5. The number of piperidine rings is 1. The number of nitrogens with zero attached hydrogens (tertiary/aromatic N) is 2. The first-order valence-corrected chi connectivity index (χ1v) is 13.8. The third-order valence-electron chi connectivity index (χ3n) is 9.37. The Hall–Kier alpha value is -3.58. The van der Waals surface area contributed by atoms with Crippen LogP contribution in [0.15, 0.2) is 54.8 Å². The Bertz CT molecular complexity index is 1380. The minimum Gasteiger partial charge on any atom is -0.504 e. The Labute approximate surface area is 229 Å². The van der Waals surface area contributed by atoms with Crippen molar-refractivity contribution in [3.63, 3.8) is 0 Å². The molecule has 0 unspecified atom stereocenters. The summed E-state index contributed by atoms with van der Waals surface area (Å²) < 4.78 is 12.0. The molecule has 1 spiro atoms. The van der Waals surface area contributed by atoms with E-state index >= 15 is 0 Å². The standard InChI is InChI=1S/C32H36N2O5/c1-19-6-5-7-22(16-19)8-13-28(37)33(4)25-11-10-24-26-17-23-9-12-27(36)30-29(23)32(24,31(25)39-30)14-15-34(26)18-20(2)38-21(3)35/h5-9,12-13,16,24-26,31,36H,2,10-11,14-15,17-18H2,1,3-4H3/t24-,25+,26+,31-,32-/m0/s1. The van der Waals surface area contributed by atoms with Crippen LogP contribution >= 0.6 is 0 Å². The van der Waals surface area contributed by atoms with Crippen molar-refractivity contribution in [2.24, 2.45) is 5.92 Å². The highest BCUT2D eigenvalue weighted by atomic mass is 16.5. The molecule has 2 aliphatic carbocycles. The van der Waals surface area contributed by atoms with Gasteiger partial charge in [0.05, 0.1) is 12.6 Å². The molecule has 0 radical (unpaired) electrons. The molecule has 6 rings (SSSR count). The van der Waals surface area contributed by atoms with Crippen molar-refractivity contribution in [2.45, 2.75) is 63.1 Å². The lowest BCUT2D eigenvalue weighted by molar-refractivity contribution is -0.139. The number of hydrogen-bond donors (Lipinski definition) is 1. The molecule has 1 amide bonds. The summed E-state index contributed by atoms with van der Waals surface area (Å²) in [6.07, 6.45) is 6.73. The number of likely N-dealkylation sites (tertiary alicyclic amines) is 1. The predicted molar refractivity (Wildman–Crippen MR) is 148 cm³/mol. The van der Waals surface area contributed by atoms with Gasteiger partial charge in [0, 0.05) is 37.1 Å². The summed E-state index contributed by atoms with van der Waals surface area (Å²) in [5.41, 5.74) is 4.22. The van der Waals surface area contributed by atoms with Gasteiger partial charge in [0.2, 0.25) is 5.91 Å². The lowest BCUT2D eigenvalue weighted by Gasteiger charge is -2.60. The molecular weight excluding hydrogens is 492 g/mol. The summed E-state index contributed by atoms with van der Waals surface area (Å²) in [7, 11) is 1.87. The van der Waals surface area contributed by atoms with Crippen LogP contribution < -0.4 is 4.74 Å². The summed E-state index contributed by atoms with van der Waals surface area (Å²) in [5.74, 6) is 1.14. The number of ether oxygens (including phenoxy) is 2. The Balaban J connectivity index is 1.31. The third kappa shape index (κ3) is 4.15. The predicted octanol–water partition coefficient (Wildman–Crippen LogP) is 4.36. The second-order valence-corrected chi connectivity index (χ2v) is 11.6. The smallest absolute Gasteiger partial charge is 0.307 e. The molecule has 2 fully saturated rings. The number of phenols is 1. The van der Waals surface area contributed by atoms with Crippen LogP contribution in [-0.4, -0.2) is 65.1 Å². The molecule has 4 aliphatic rings. The molecule has 2 aliphatic heterocycles. The first-order chi connectivity index (χ1) is 18.7. The molecule has 5 atom stereocenters. The van der Waals surface area contributed by atoms with E-state index in [4.69, 9.17) is 9.47 Å². The molecule has 204 valence electrons. The van der Waals surface area contributed by atoms with Crippen molar-refractivity contribution >= 4 is 18.0 Å². The number of amides is 1. The van der Waals surface area contributed by atoms with E-state index in [1.807, 2.05) is 49.2 Å². The van der Waals surface area contributed by atoms with E-state index in [-0.39, 0.29) is 41.2 Å². The van der Waals surface area contributed by atoms with Crippen LogP contribution in [0.4, 0.5) is 0 Å². The molecule has 7 nitrogen and oxygen atoms in total. The van der Waals surface area contributed by atoms with Crippen LogP contribution in [0.25, 0.3) is 6.08 Å². The first-order valence-electron chi connectivity index (χ1n) is 13.8. The van der Waals surface area contributed by atoms with Gasteiger partial charge in [-0.25, -0.2) is 0 Å². The third-order valence-corrected chi connectivity index (χ3v) is 9.37. The number of carbonyl (C=O) groups excluding carboxylic acids is 2.